The molecule has 0 spiro atoms. The zero-order valence-electron chi connectivity index (χ0n) is 10.9. The summed E-state index contributed by atoms with van der Waals surface area (Å²) in [6, 6.07) is 7.62. The molecule has 0 fully saturated rings. The third-order valence-corrected chi connectivity index (χ3v) is 2.59. The first-order valence-corrected chi connectivity index (χ1v) is 5.97. The SMILES string of the molecule is C=CCN(CC=C)c1ccc(C(=O)CNC)cc1. The van der Waals surface area contributed by atoms with Gasteiger partial charge in [-0.15, -0.1) is 13.2 Å². The maximum absolute atomic E-state index is 11.7. The summed E-state index contributed by atoms with van der Waals surface area (Å²) in [6.07, 6.45) is 3.70. The third kappa shape index (κ3) is 3.86. The van der Waals surface area contributed by atoms with E-state index in [0.717, 1.165) is 24.3 Å². The van der Waals surface area contributed by atoms with Crippen LogP contribution < -0.4 is 10.2 Å². The predicted molar refractivity (Wildman–Crippen MR) is 77.3 cm³/mol. The molecule has 0 saturated carbocycles. The van der Waals surface area contributed by atoms with E-state index in [4.69, 9.17) is 0 Å². The molecule has 1 aromatic rings. The second kappa shape index (κ2) is 7.45. The van der Waals surface area contributed by atoms with Crippen molar-refractivity contribution in [2.45, 2.75) is 0 Å². The number of carbonyl (C=O) groups is 1. The fourth-order valence-electron chi connectivity index (χ4n) is 1.72. The fourth-order valence-corrected chi connectivity index (χ4v) is 1.72. The van der Waals surface area contributed by atoms with Crippen molar-refractivity contribution in [2.24, 2.45) is 0 Å². The number of benzene rings is 1. The summed E-state index contributed by atoms with van der Waals surface area (Å²) in [5.74, 6) is 0.100. The Hall–Kier alpha value is -1.87. The van der Waals surface area contributed by atoms with Crippen molar-refractivity contribution in [3.05, 3.63) is 55.1 Å². The third-order valence-electron chi connectivity index (χ3n) is 2.59. The minimum Gasteiger partial charge on any atom is -0.364 e. The van der Waals surface area contributed by atoms with Gasteiger partial charge in [-0.05, 0) is 31.3 Å². The van der Waals surface area contributed by atoms with Crippen LogP contribution in [0.3, 0.4) is 0 Å². The van der Waals surface area contributed by atoms with E-state index in [1.165, 1.54) is 0 Å². The molecular weight excluding hydrogens is 224 g/mol. The average molecular weight is 244 g/mol. The van der Waals surface area contributed by atoms with Gasteiger partial charge in [0.15, 0.2) is 5.78 Å². The normalized spacial score (nSPS) is 9.83. The number of Topliss-reactive ketones (excluding diaryl/α,β-unsaturated/α-hetero) is 1. The number of hydrogen-bond acceptors (Lipinski definition) is 3. The van der Waals surface area contributed by atoms with E-state index in [-0.39, 0.29) is 5.78 Å². The van der Waals surface area contributed by atoms with Crippen LogP contribution >= 0.6 is 0 Å². The molecule has 1 aromatic carbocycles. The Kier molecular flexibility index (Phi) is 5.88. The van der Waals surface area contributed by atoms with E-state index < -0.39 is 0 Å². The molecule has 18 heavy (non-hydrogen) atoms. The molecule has 0 amide bonds. The molecule has 96 valence electrons. The van der Waals surface area contributed by atoms with Crippen LogP contribution in [0.1, 0.15) is 10.4 Å². The van der Waals surface area contributed by atoms with Gasteiger partial charge in [-0.3, -0.25) is 4.79 Å². The number of hydrogen-bond donors (Lipinski definition) is 1. The first-order chi connectivity index (χ1) is 8.72. The number of ketones is 1. The molecular formula is C15H20N2O. The average Bonchev–Trinajstić information content (AvgIpc) is 2.39. The molecule has 3 nitrogen and oxygen atoms in total. The van der Waals surface area contributed by atoms with Crippen molar-refractivity contribution in [3.63, 3.8) is 0 Å². The predicted octanol–water partition coefficient (Wildman–Crippen LogP) is 2.27. The van der Waals surface area contributed by atoms with E-state index in [1.54, 1.807) is 7.05 Å². The van der Waals surface area contributed by atoms with E-state index >= 15 is 0 Å². The van der Waals surface area contributed by atoms with Crippen LogP contribution in [0.4, 0.5) is 5.69 Å². The van der Waals surface area contributed by atoms with Crippen molar-refractivity contribution in [1.29, 1.82) is 0 Å². The zero-order valence-corrected chi connectivity index (χ0v) is 10.9. The minimum atomic E-state index is 0.100. The second-order valence-electron chi connectivity index (χ2n) is 3.98. The minimum absolute atomic E-state index is 0.100. The van der Waals surface area contributed by atoms with Crippen LogP contribution in [-0.2, 0) is 0 Å². The Morgan fingerprint density at radius 2 is 1.78 bits per heavy atom. The highest BCUT2D eigenvalue weighted by Gasteiger charge is 2.06. The summed E-state index contributed by atoms with van der Waals surface area (Å²) in [7, 11) is 1.77. The van der Waals surface area contributed by atoms with E-state index in [9.17, 15) is 4.79 Å². The Balaban J connectivity index is 2.82. The first-order valence-electron chi connectivity index (χ1n) is 5.97. The van der Waals surface area contributed by atoms with Crippen LogP contribution in [0.5, 0.6) is 0 Å². The Morgan fingerprint density at radius 3 is 2.22 bits per heavy atom. The monoisotopic (exact) mass is 244 g/mol. The van der Waals surface area contributed by atoms with Crippen molar-refractivity contribution in [1.82, 2.24) is 5.32 Å². The summed E-state index contributed by atoms with van der Waals surface area (Å²) in [5, 5.41) is 2.86. The number of nitrogens with zero attached hydrogens (tertiary/aromatic N) is 1. The summed E-state index contributed by atoms with van der Waals surface area (Å²) in [6.45, 7) is 9.36. The Morgan fingerprint density at radius 1 is 1.22 bits per heavy atom. The van der Waals surface area contributed by atoms with E-state index in [0.29, 0.717) is 6.54 Å². The molecule has 3 heteroatoms. The molecule has 0 aromatic heterocycles. The molecule has 1 rings (SSSR count). The fraction of sp³-hybridized carbons (Fsp3) is 0.267. The number of anilines is 1. The van der Waals surface area contributed by atoms with Gasteiger partial charge < -0.3 is 10.2 Å². The number of nitrogens with one attached hydrogen (secondary N) is 1. The second-order valence-corrected chi connectivity index (χ2v) is 3.98. The van der Waals surface area contributed by atoms with Crippen molar-refractivity contribution in [2.75, 3.05) is 31.6 Å². The van der Waals surface area contributed by atoms with Gasteiger partial charge in [0.05, 0.1) is 6.54 Å². The molecule has 0 saturated heterocycles. The largest absolute Gasteiger partial charge is 0.364 e. The molecule has 0 radical (unpaired) electrons. The number of carbonyl (C=O) groups excluding carboxylic acids is 1. The standard InChI is InChI=1S/C15H20N2O/c1-4-10-17(11-5-2)14-8-6-13(7-9-14)15(18)12-16-3/h4-9,16H,1-2,10-12H2,3H3. The van der Waals surface area contributed by atoms with Crippen LogP contribution in [0.2, 0.25) is 0 Å². The highest BCUT2D eigenvalue weighted by atomic mass is 16.1. The highest BCUT2D eigenvalue weighted by Crippen LogP contribution is 2.15. The topological polar surface area (TPSA) is 32.3 Å². The van der Waals surface area contributed by atoms with Gasteiger partial charge in [0.25, 0.3) is 0 Å². The van der Waals surface area contributed by atoms with Crippen molar-refractivity contribution < 1.29 is 4.79 Å². The van der Waals surface area contributed by atoms with Crippen LogP contribution in [0.15, 0.2) is 49.6 Å². The van der Waals surface area contributed by atoms with Gasteiger partial charge in [-0.25, -0.2) is 0 Å². The van der Waals surface area contributed by atoms with Crippen LogP contribution in [0.25, 0.3) is 0 Å². The first kappa shape index (κ1) is 14.2. The molecule has 1 N–H and O–H groups in total. The van der Waals surface area contributed by atoms with Crippen LogP contribution in [-0.4, -0.2) is 32.5 Å². The molecule has 0 heterocycles. The molecule has 0 aliphatic carbocycles. The van der Waals surface area contributed by atoms with Gasteiger partial charge in [-0.2, -0.15) is 0 Å². The molecule has 0 unspecified atom stereocenters. The quantitative estimate of drug-likeness (QED) is 0.562. The lowest BCUT2D eigenvalue weighted by Crippen LogP contribution is -2.23. The lowest BCUT2D eigenvalue weighted by Gasteiger charge is -2.21. The van der Waals surface area contributed by atoms with Crippen molar-refractivity contribution >= 4 is 11.5 Å². The van der Waals surface area contributed by atoms with Crippen molar-refractivity contribution in [3.8, 4) is 0 Å². The molecule has 0 bridgehead atoms. The molecule has 0 aliphatic rings. The zero-order chi connectivity index (χ0) is 13.4. The summed E-state index contributed by atoms with van der Waals surface area (Å²) in [4.78, 5) is 13.8. The van der Waals surface area contributed by atoms with Gasteiger partial charge in [-0.1, -0.05) is 12.2 Å². The van der Waals surface area contributed by atoms with Gasteiger partial charge in [0.2, 0.25) is 0 Å². The summed E-state index contributed by atoms with van der Waals surface area (Å²) < 4.78 is 0. The lowest BCUT2D eigenvalue weighted by molar-refractivity contribution is 0.0993. The number of likely N-dealkylation sites (N-methyl/N-ethyl adjacent to an activating group) is 1. The molecule has 0 atom stereocenters. The Bertz CT molecular complexity index is 399. The molecule has 0 aliphatic heterocycles. The number of rotatable bonds is 8. The van der Waals surface area contributed by atoms with Crippen LogP contribution in [0, 0.1) is 0 Å². The maximum Gasteiger partial charge on any atom is 0.176 e. The van der Waals surface area contributed by atoms with Gasteiger partial charge in [0.1, 0.15) is 0 Å². The summed E-state index contributed by atoms with van der Waals surface area (Å²) >= 11 is 0. The smallest absolute Gasteiger partial charge is 0.176 e. The lowest BCUT2D eigenvalue weighted by atomic mass is 10.1. The highest BCUT2D eigenvalue weighted by molar-refractivity contribution is 5.97. The van der Waals surface area contributed by atoms with Gasteiger partial charge in [0, 0.05) is 24.3 Å². The van der Waals surface area contributed by atoms with E-state index in [1.807, 2.05) is 36.4 Å². The maximum atomic E-state index is 11.7. The van der Waals surface area contributed by atoms with Gasteiger partial charge >= 0.3 is 0 Å². The Labute approximate surface area is 109 Å². The van der Waals surface area contributed by atoms with E-state index in [2.05, 4.69) is 23.4 Å². The summed E-state index contributed by atoms with van der Waals surface area (Å²) in [5.41, 5.74) is 1.79.